The van der Waals surface area contributed by atoms with E-state index in [2.05, 4.69) is 10.6 Å². The van der Waals surface area contributed by atoms with Crippen molar-refractivity contribution in [1.82, 2.24) is 20.4 Å². The monoisotopic (exact) mass is 464 g/mol. The fourth-order valence-electron chi connectivity index (χ4n) is 4.78. The first-order valence-corrected chi connectivity index (χ1v) is 11.6. The average Bonchev–Trinajstić information content (AvgIpc) is 3.20. The van der Waals surface area contributed by atoms with Crippen LogP contribution in [0.5, 0.6) is 5.75 Å². The van der Waals surface area contributed by atoms with E-state index in [0.29, 0.717) is 49.5 Å². The molecule has 3 amide bonds. The van der Waals surface area contributed by atoms with Crippen LogP contribution < -0.4 is 15.4 Å². The van der Waals surface area contributed by atoms with E-state index >= 15 is 0 Å². The predicted octanol–water partition coefficient (Wildman–Crippen LogP) is 0.864. The summed E-state index contributed by atoms with van der Waals surface area (Å²) in [6.07, 6.45) is -0.383. The summed E-state index contributed by atoms with van der Waals surface area (Å²) >= 11 is 0. The zero-order valence-electron chi connectivity index (χ0n) is 18.8. The molecule has 0 radical (unpaired) electrons. The normalized spacial score (nSPS) is 22.4. The third kappa shape index (κ3) is 4.36. The van der Waals surface area contributed by atoms with E-state index in [1.165, 1.54) is 0 Å². The van der Waals surface area contributed by atoms with Gasteiger partial charge in [-0.1, -0.05) is 18.2 Å². The van der Waals surface area contributed by atoms with E-state index in [1.807, 2.05) is 35.2 Å². The van der Waals surface area contributed by atoms with Crippen LogP contribution >= 0.6 is 0 Å². The number of rotatable bonds is 5. The van der Waals surface area contributed by atoms with Crippen LogP contribution in [0.15, 0.2) is 42.5 Å². The second-order valence-electron chi connectivity index (χ2n) is 8.86. The van der Waals surface area contributed by atoms with Crippen LogP contribution in [0, 0.1) is 0 Å². The van der Waals surface area contributed by atoms with Gasteiger partial charge in [0, 0.05) is 49.3 Å². The lowest BCUT2D eigenvalue weighted by atomic mass is 10.0. The van der Waals surface area contributed by atoms with E-state index in [4.69, 9.17) is 4.74 Å². The molecule has 3 N–H and O–H groups in total. The van der Waals surface area contributed by atoms with Gasteiger partial charge in [0.25, 0.3) is 11.8 Å². The number of benzene rings is 2. The number of nitrogens with zero attached hydrogens (tertiary/aromatic N) is 2. The van der Waals surface area contributed by atoms with Crippen molar-refractivity contribution in [2.24, 2.45) is 0 Å². The van der Waals surface area contributed by atoms with Crippen molar-refractivity contribution in [1.29, 1.82) is 0 Å². The smallest absolute Gasteiger partial charge is 0.255 e. The van der Waals surface area contributed by atoms with Crippen molar-refractivity contribution in [2.75, 3.05) is 26.2 Å². The number of ether oxygens (including phenoxy) is 1. The lowest BCUT2D eigenvalue weighted by Gasteiger charge is -2.35. The molecule has 34 heavy (non-hydrogen) atoms. The lowest BCUT2D eigenvalue weighted by molar-refractivity contribution is -0.129. The Balaban J connectivity index is 1.24. The van der Waals surface area contributed by atoms with Crippen LogP contribution in [0.25, 0.3) is 0 Å². The van der Waals surface area contributed by atoms with Gasteiger partial charge in [-0.3, -0.25) is 14.4 Å². The summed E-state index contributed by atoms with van der Waals surface area (Å²) < 4.78 is 6.06. The standard InChI is InChI=1S/C25H28N4O5/c30-22-9-8-20(23(31)27-22)29-14-19-18(25(29)33)2-1-3-21(19)34-15-16-4-6-17(7-5-16)24(32)28-12-10-26-11-13-28/h1-7,20,23,26,31H,8-15H2,(H,27,30). The maximum absolute atomic E-state index is 13.0. The number of piperidine rings is 1. The summed E-state index contributed by atoms with van der Waals surface area (Å²) in [5.74, 6) is 0.271. The van der Waals surface area contributed by atoms with Crippen LogP contribution in [0.4, 0.5) is 0 Å². The fourth-order valence-corrected chi connectivity index (χ4v) is 4.78. The van der Waals surface area contributed by atoms with Crippen LogP contribution in [0.2, 0.25) is 0 Å². The Kier molecular flexibility index (Phi) is 6.21. The molecule has 0 aromatic heterocycles. The first-order valence-electron chi connectivity index (χ1n) is 11.6. The van der Waals surface area contributed by atoms with Gasteiger partial charge in [-0.05, 0) is 36.2 Å². The minimum absolute atomic E-state index is 0.0366. The summed E-state index contributed by atoms with van der Waals surface area (Å²) in [5, 5.41) is 16.0. The van der Waals surface area contributed by atoms with Crippen LogP contribution in [0.1, 0.15) is 44.7 Å². The topological polar surface area (TPSA) is 111 Å². The third-order valence-corrected chi connectivity index (χ3v) is 6.69. The molecule has 0 spiro atoms. The van der Waals surface area contributed by atoms with E-state index in [-0.39, 0.29) is 24.1 Å². The van der Waals surface area contributed by atoms with E-state index in [0.717, 1.165) is 24.2 Å². The molecule has 2 unspecified atom stereocenters. The number of amides is 3. The third-order valence-electron chi connectivity index (χ3n) is 6.69. The molecule has 5 rings (SSSR count). The van der Waals surface area contributed by atoms with E-state index < -0.39 is 12.3 Å². The quantitative estimate of drug-likeness (QED) is 0.606. The summed E-state index contributed by atoms with van der Waals surface area (Å²) in [6, 6.07) is 12.3. The van der Waals surface area contributed by atoms with Crippen molar-refractivity contribution in [3.63, 3.8) is 0 Å². The molecule has 0 saturated carbocycles. The molecule has 3 aliphatic heterocycles. The molecule has 2 atom stereocenters. The highest BCUT2D eigenvalue weighted by molar-refractivity contribution is 5.99. The van der Waals surface area contributed by atoms with Gasteiger partial charge in [0.1, 0.15) is 18.6 Å². The number of piperazine rings is 1. The fraction of sp³-hybridized carbons (Fsp3) is 0.400. The molecule has 2 saturated heterocycles. The summed E-state index contributed by atoms with van der Waals surface area (Å²) in [5.41, 5.74) is 2.91. The number of aliphatic hydroxyl groups excluding tert-OH is 1. The van der Waals surface area contributed by atoms with Gasteiger partial charge in [0.15, 0.2) is 0 Å². The largest absolute Gasteiger partial charge is 0.489 e. The van der Waals surface area contributed by atoms with E-state index in [1.54, 1.807) is 17.0 Å². The number of carbonyl (C=O) groups excluding carboxylic acids is 3. The van der Waals surface area contributed by atoms with Crippen LogP contribution in [-0.4, -0.2) is 71.1 Å². The van der Waals surface area contributed by atoms with Gasteiger partial charge in [0.2, 0.25) is 5.91 Å². The molecule has 2 aromatic rings. The zero-order chi connectivity index (χ0) is 23.7. The van der Waals surface area contributed by atoms with Gasteiger partial charge in [-0.2, -0.15) is 0 Å². The molecule has 3 aliphatic rings. The average molecular weight is 465 g/mol. The summed E-state index contributed by atoms with van der Waals surface area (Å²) in [7, 11) is 0. The number of carbonyl (C=O) groups is 3. The molecule has 178 valence electrons. The van der Waals surface area contributed by atoms with Gasteiger partial charge in [-0.15, -0.1) is 0 Å². The van der Waals surface area contributed by atoms with Gasteiger partial charge >= 0.3 is 0 Å². The van der Waals surface area contributed by atoms with Gasteiger partial charge in [0.05, 0.1) is 12.6 Å². The van der Waals surface area contributed by atoms with Crippen molar-refractivity contribution in [3.05, 3.63) is 64.7 Å². The second kappa shape index (κ2) is 9.44. The Morgan fingerprint density at radius 1 is 1.09 bits per heavy atom. The maximum Gasteiger partial charge on any atom is 0.255 e. The summed E-state index contributed by atoms with van der Waals surface area (Å²) in [4.78, 5) is 40.6. The molecule has 9 heteroatoms. The van der Waals surface area contributed by atoms with Crippen LogP contribution in [0.3, 0.4) is 0 Å². The molecule has 3 heterocycles. The number of nitrogens with one attached hydrogen (secondary N) is 2. The molecular formula is C25H28N4O5. The highest BCUT2D eigenvalue weighted by atomic mass is 16.5. The first-order chi connectivity index (χ1) is 16.5. The van der Waals surface area contributed by atoms with Crippen LogP contribution in [-0.2, 0) is 17.9 Å². The number of hydrogen-bond donors (Lipinski definition) is 3. The SMILES string of the molecule is O=C1CCC(N2Cc3c(OCc4ccc(C(=O)N5CCNCC5)cc4)cccc3C2=O)C(O)N1. The van der Waals surface area contributed by atoms with Gasteiger partial charge < -0.3 is 30.3 Å². The Bertz CT molecular complexity index is 1100. The Hall–Kier alpha value is -3.43. The highest BCUT2D eigenvalue weighted by Gasteiger charge is 2.40. The van der Waals surface area contributed by atoms with Crippen molar-refractivity contribution < 1.29 is 24.2 Å². The Morgan fingerprint density at radius 2 is 1.85 bits per heavy atom. The highest BCUT2D eigenvalue weighted by Crippen LogP contribution is 2.34. The molecule has 9 nitrogen and oxygen atoms in total. The first kappa shape index (κ1) is 22.4. The Morgan fingerprint density at radius 3 is 2.59 bits per heavy atom. The van der Waals surface area contributed by atoms with Crippen molar-refractivity contribution in [3.8, 4) is 5.75 Å². The number of hydrogen-bond acceptors (Lipinski definition) is 6. The molecule has 0 aliphatic carbocycles. The van der Waals surface area contributed by atoms with Gasteiger partial charge in [-0.25, -0.2) is 0 Å². The molecular weight excluding hydrogens is 436 g/mol. The lowest BCUT2D eigenvalue weighted by Crippen LogP contribution is -2.55. The molecule has 0 bridgehead atoms. The minimum Gasteiger partial charge on any atom is -0.489 e. The predicted molar refractivity (Wildman–Crippen MR) is 123 cm³/mol. The zero-order valence-corrected chi connectivity index (χ0v) is 18.8. The Labute approximate surface area is 197 Å². The summed E-state index contributed by atoms with van der Waals surface area (Å²) in [6.45, 7) is 3.67. The second-order valence-corrected chi connectivity index (χ2v) is 8.86. The van der Waals surface area contributed by atoms with E-state index in [9.17, 15) is 19.5 Å². The molecule has 2 aromatic carbocycles. The minimum atomic E-state index is -1.08. The van der Waals surface area contributed by atoms with Crippen molar-refractivity contribution >= 4 is 17.7 Å². The number of aliphatic hydroxyl groups is 1. The molecule has 2 fully saturated rings. The van der Waals surface area contributed by atoms with Crippen molar-refractivity contribution in [2.45, 2.75) is 38.3 Å². The maximum atomic E-state index is 13.0. The number of fused-ring (bicyclic) bond motifs is 1.